The lowest BCUT2D eigenvalue weighted by Crippen LogP contribution is -2.28. The van der Waals surface area contributed by atoms with E-state index >= 15 is 0 Å². The van der Waals surface area contributed by atoms with Crippen LogP contribution in [0.25, 0.3) is 0 Å². The van der Waals surface area contributed by atoms with Gasteiger partial charge in [-0.25, -0.2) is 4.68 Å². The second kappa shape index (κ2) is 6.48. The van der Waals surface area contributed by atoms with Crippen molar-refractivity contribution in [2.24, 2.45) is 0 Å². The fraction of sp³-hybridized carbons (Fsp3) is 0.154. The van der Waals surface area contributed by atoms with E-state index in [2.05, 4.69) is 10.4 Å². The molecule has 0 atom stereocenters. The Morgan fingerprint density at radius 2 is 2.23 bits per heavy atom. The molecule has 1 aromatic carbocycles. The van der Waals surface area contributed by atoms with Crippen LogP contribution in [0.2, 0.25) is 0 Å². The smallest absolute Gasteiger partial charge is 0.271 e. The second-order valence-electron chi connectivity index (χ2n) is 4.21. The Labute approximate surface area is 124 Å². The predicted molar refractivity (Wildman–Crippen MR) is 76.8 cm³/mol. The Bertz CT molecular complexity index is 771. The number of nitrogens with one attached hydrogen (secondary N) is 1. The number of carbonyl (C=O) groups is 1. The molecule has 1 amide bonds. The van der Waals surface area contributed by atoms with E-state index in [1.54, 1.807) is 0 Å². The van der Waals surface area contributed by atoms with Gasteiger partial charge in [0.1, 0.15) is 12.3 Å². The Morgan fingerprint density at radius 1 is 1.45 bits per heavy atom. The van der Waals surface area contributed by atoms with Gasteiger partial charge in [0.25, 0.3) is 11.2 Å². The molecule has 0 aliphatic heterocycles. The molecule has 0 fully saturated rings. The molecule has 0 radical (unpaired) electrons. The van der Waals surface area contributed by atoms with Gasteiger partial charge in [0.2, 0.25) is 5.91 Å². The fourth-order valence-corrected chi connectivity index (χ4v) is 1.74. The molecule has 0 saturated heterocycles. The van der Waals surface area contributed by atoms with Crippen LogP contribution in [0.5, 0.6) is 5.75 Å². The molecule has 1 N–H and O–H groups in total. The van der Waals surface area contributed by atoms with Crippen LogP contribution in [0.1, 0.15) is 0 Å². The normalized spacial score (nSPS) is 10.0. The van der Waals surface area contributed by atoms with Crippen molar-refractivity contribution in [3.8, 4) is 5.75 Å². The number of amides is 1. The summed E-state index contributed by atoms with van der Waals surface area (Å²) in [6, 6.07) is 6.55. The summed E-state index contributed by atoms with van der Waals surface area (Å²) >= 11 is 0. The molecule has 2 aromatic rings. The number of nitrogens with zero attached hydrogens (tertiary/aromatic N) is 3. The highest BCUT2D eigenvalue weighted by Gasteiger charge is 2.14. The molecule has 22 heavy (non-hydrogen) atoms. The number of hydrogen-bond acceptors (Lipinski definition) is 6. The van der Waals surface area contributed by atoms with Crippen LogP contribution >= 0.6 is 0 Å². The van der Waals surface area contributed by atoms with Crippen molar-refractivity contribution in [3.05, 3.63) is 57.0 Å². The van der Waals surface area contributed by atoms with Gasteiger partial charge in [0.15, 0.2) is 0 Å². The van der Waals surface area contributed by atoms with E-state index in [0.29, 0.717) is 0 Å². The lowest BCUT2D eigenvalue weighted by molar-refractivity contribution is -0.384. The Kier molecular flexibility index (Phi) is 4.47. The number of hydrogen-bond donors (Lipinski definition) is 1. The molecule has 1 heterocycles. The third kappa shape index (κ3) is 3.45. The first kappa shape index (κ1) is 15.2. The molecule has 1 aromatic heterocycles. The minimum absolute atomic E-state index is 0.144. The van der Waals surface area contributed by atoms with Crippen molar-refractivity contribution in [1.29, 1.82) is 0 Å². The molecule has 0 aliphatic carbocycles. The van der Waals surface area contributed by atoms with Gasteiger partial charge >= 0.3 is 0 Å². The summed E-state index contributed by atoms with van der Waals surface area (Å²) in [6.07, 6.45) is 1.38. The van der Waals surface area contributed by atoms with Crippen molar-refractivity contribution in [3.63, 3.8) is 0 Å². The summed E-state index contributed by atoms with van der Waals surface area (Å²) in [6.45, 7) is -0.314. The number of non-ortho nitro benzene ring substituents is 1. The third-order valence-corrected chi connectivity index (χ3v) is 2.75. The van der Waals surface area contributed by atoms with E-state index in [4.69, 9.17) is 4.74 Å². The monoisotopic (exact) mass is 304 g/mol. The first-order chi connectivity index (χ1) is 10.5. The molecule has 9 heteroatoms. The van der Waals surface area contributed by atoms with Crippen LogP contribution < -0.4 is 15.6 Å². The highest BCUT2D eigenvalue weighted by atomic mass is 16.6. The van der Waals surface area contributed by atoms with Crippen molar-refractivity contribution in [2.75, 3.05) is 12.4 Å². The van der Waals surface area contributed by atoms with Crippen LogP contribution in [-0.2, 0) is 11.3 Å². The molecular formula is C13H12N4O5. The first-order valence-corrected chi connectivity index (χ1v) is 6.15. The summed E-state index contributed by atoms with van der Waals surface area (Å²) in [5.41, 5.74) is -0.472. The van der Waals surface area contributed by atoms with Crippen LogP contribution in [0, 0.1) is 10.1 Å². The number of rotatable bonds is 5. The topological polar surface area (TPSA) is 116 Å². The number of ether oxygens (including phenoxy) is 1. The average Bonchev–Trinajstić information content (AvgIpc) is 2.49. The SMILES string of the molecule is COc1ccc([N+](=O)[O-])cc1NC(=O)Cn1ncccc1=O. The van der Waals surface area contributed by atoms with Crippen LogP contribution in [0.3, 0.4) is 0 Å². The van der Waals surface area contributed by atoms with E-state index in [1.165, 1.54) is 43.6 Å². The largest absolute Gasteiger partial charge is 0.495 e. The van der Waals surface area contributed by atoms with Crippen molar-refractivity contribution >= 4 is 17.3 Å². The lowest BCUT2D eigenvalue weighted by Gasteiger charge is -2.10. The Hall–Kier alpha value is -3.23. The fourth-order valence-electron chi connectivity index (χ4n) is 1.74. The minimum atomic E-state index is -0.585. The number of methoxy groups -OCH3 is 1. The van der Waals surface area contributed by atoms with E-state index in [9.17, 15) is 19.7 Å². The quantitative estimate of drug-likeness (QED) is 0.645. The van der Waals surface area contributed by atoms with Gasteiger partial charge < -0.3 is 10.1 Å². The zero-order valence-corrected chi connectivity index (χ0v) is 11.6. The van der Waals surface area contributed by atoms with Gasteiger partial charge in [-0.1, -0.05) is 0 Å². The zero-order valence-electron chi connectivity index (χ0n) is 11.6. The highest BCUT2D eigenvalue weighted by Crippen LogP contribution is 2.28. The predicted octanol–water partition coefficient (Wildman–Crippen LogP) is 0.799. The maximum Gasteiger partial charge on any atom is 0.271 e. The second-order valence-corrected chi connectivity index (χ2v) is 4.21. The van der Waals surface area contributed by atoms with E-state index < -0.39 is 16.4 Å². The molecule has 0 spiro atoms. The maximum atomic E-state index is 11.9. The molecule has 0 saturated carbocycles. The van der Waals surface area contributed by atoms with Gasteiger partial charge in [-0.2, -0.15) is 5.10 Å². The van der Waals surface area contributed by atoms with E-state index in [0.717, 1.165) is 4.68 Å². The Balaban J connectivity index is 2.20. The molecule has 114 valence electrons. The maximum absolute atomic E-state index is 11.9. The standard InChI is InChI=1S/C13H12N4O5/c1-22-11-5-4-9(17(20)21)7-10(11)15-12(18)8-16-13(19)3-2-6-14-16/h2-7H,8H2,1H3,(H,15,18). The number of carbonyl (C=O) groups excluding carboxylic acids is 1. The number of nitro groups is 1. The molecule has 0 unspecified atom stereocenters. The van der Waals surface area contributed by atoms with Gasteiger partial charge in [-0.05, 0) is 12.1 Å². The van der Waals surface area contributed by atoms with Gasteiger partial charge in [-0.15, -0.1) is 0 Å². The van der Waals surface area contributed by atoms with Gasteiger partial charge in [0, 0.05) is 24.4 Å². The van der Waals surface area contributed by atoms with Crippen LogP contribution in [0.15, 0.2) is 41.3 Å². The van der Waals surface area contributed by atoms with Crippen molar-refractivity contribution < 1.29 is 14.5 Å². The molecular weight excluding hydrogens is 292 g/mol. The van der Waals surface area contributed by atoms with E-state index in [-0.39, 0.29) is 23.7 Å². The first-order valence-electron chi connectivity index (χ1n) is 6.15. The minimum Gasteiger partial charge on any atom is -0.495 e. The van der Waals surface area contributed by atoms with E-state index in [1.807, 2.05) is 0 Å². The molecule has 9 nitrogen and oxygen atoms in total. The number of anilines is 1. The lowest BCUT2D eigenvalue weighted by atomic mass is 10.2. The molecule has 0 aliphatic rings. The summed E-state index contributed by atoms with van der Waals surface area (Å²) in [5.74, 6) is -0.285. The Morgan fingerprint density at radius 3 is 2.86 bits per heavy atom. The zero-order chi connectivity index (χ0) is 16.1. The number of aromatic nitrogens is 2. The summed E-state index contributed by atoms with van der Waals surface area (Å²) in [7, 11) is 1.38. The van der Waals surface area contributed by atoms with Crippen LogP contribution in [0.4, 0.5) is 11.4 Å². The molecule has 0 bridgehead atoms. The van der Waals surface area contributed by atoms with Gasteiger partial charge in [-0.3, -0.25) is 19.7 Å². The average molecular weight is 304 g/mol. The van der Waals surface area contributed by atoms with Gasteiger partial charge in [0.05, 0.1) is 17.7 Å². The van der Waals surface area contributed by atoms with Crippen LogP contribution in [-0.4, -0.2) is 27.7 Å². The van der Waals surface area contributed by atoms with Crippen molar-refractivity contribution in [1.82, 2.24) is 9.78 Å². The summed E-state index contributed by atoms with van der Waals surface area (Å²) < 4.78 is 6.00. The summed E-state index contributed by atoms with van der Waals surface area (Å²) in [4.78, 5) is 33.6. The molecule has 2 rings (SSSR count). The third-order valence-electron chi connectivity index (χ3n) is 2.75. The highest BCUT2D eigenvalue weighted by molar-refractivity contribution is 5.92. The van der Waals surface area contributed by atoms with Crippen molar-refractivity contribution in [2.45, 2.75) is 6.54 Å². The number of nitro benzene ring substituents is 1. The summed E-state index contributed by atoms with van der Waals surface area (Å²) in [5, 5.41) is 17.0. The number of benzene rings is 1.